The van der Waals surface area contributed by atoms with E-state index in [-0.39, 0.29) is 30.8 Å². The Labute approximate surface area is 499 Å². The normalized spacial score (nSPS) is 30.3. The fourth-order valence-corrected chi connectivity index (χ4v) is 7.17. The van der Waals surface area contributed by atoms with E-state index in [1.54, 1.807) is 0 Å². The Morgan fingerprint density at radius 3 is 0.967 bits per heavy atom. The summed E-state index contributed by atoms with van der Waals surface area (Å²) in [6.07, 6.45) is -49.5. The summed E-state index contributed by atoms with van der Waals surface area (Å²) < 4.78 is 194. The van der Waals surface area contributed by atoms with Gasteiger partial charge in [0.2, 0.25) is 0 Å². The highest BCUT2D eigenvalue weighted by Gasteiger charge is 2.57. The summed E-state index contributed by atoms with van der Waals surface area (Å²) in [6, 6.07) is -4.80. The summed E-state index contributed by atoms with van der Waals surface area (Å²) in [5.74, 6) is -16.7. The molecule has 4 rings (SSSR count). The number of halogens is 15. The van der Waals surface area contributed by atoms with E-state index in [1.807, 2.05) is 0 Å². The van der Waals surface area contributed by atoms with Gasteiger partial charge in [0, 0.05) is 6.42 Å². The van der Waals surface area contributed by atoms with E-state index in [1.165, 1.54) is 0 Å². The number of nitrogens with one attached hydrogen (secondary N) is 5. The number of rotatable bonds is 14. The quantitative estimate of drug-likeness (QED) is 0.0436. The van der Waals surface area contributed by atoms with Crippen molar-refractivity contribution >= 4 is 59.6 Å². The second-order valence-electron chi connectivity index (χ2n) is 17.9. The van der Waals surface area contributed by atoms with Gasteiger partial charge in [0.05, 0.1) is 19.8 Å². The van der Waals surface area contributed by atoms with Crippen molar-refractivity contribution in [3.05, 3.63) is 0 Å². The van der Waals surface area contributed by atoms with Crippen molar-refractivity contribution in [3.8, 4) is 0 Å². The van der Waals surface area contributed by atoms with Crippen molar-refractivity contribution in [2.45, 2.75) is 154 Å². The molecule has 4 fully saturated rings. The van der Waals surface area contributed by atoms with Crippen LogP contribution < -0.4 is 108 Å². The Morgan fingerprint density at radius 1 is 0.380 bits per heavy atom. The molecule has 39 nitrogen and oxygen atoms in total. The number of aliphatic carboxylic acids is 5. The molecule has 1 aliphatic carbocycles. The standard InChI is InChI=1S/C28H55N15O14.5C2HF3O2/c29-24(30)39-2-7-13(47)15(49)10(42-27(35)36)21(52-7)56-19-9(4-45)54-23(17(19)51)57-20-12(46)5(40-25(31)32)1-6(41-26(33)34)18(20)55-22-11(43-28(37)38)16(50)14(48)8(3-44)53-22;5*3-2(4,5)1(6)7/h5-23,44-51H,1-4H2,(H4,29,30,39)(H4,31,32,40)(H4,33,34,41)(H4,35,36,42)(H4,37,38,43);5*(H,6,7)/t5-,6+,7+,8-,9-,10-,11-,12+,13-,14-,15-,16-,17-,18-,19-,20-,21-,22-,23+;;;;;/m1...../s1. The number of guanidine groups is 5. The van der Waals surface area contributed by atoms with E-state index in [0.29, 0.717) is 0 Å². The van der Waals surface area contributed by atoms with E-state index in [4.69, 9.17) is 135 Å². The van der Waals surface area contributed by atoms with Gasteiger partial charge in [0.15, 0.2) is 31.0 Å². The maximum Gasteiger partial charge on any atom is 0.430 e. The molecule has 3 aliphatic heterocycles. The van der Waals surface area contributed by atoms with Crippen molar-refractivity contribution in [2.24, 2.45) is 57.3 Å². The lowest BCUT2D eigenvalue weighted by Gasteiger charge is -2.46. The summed E-state index contributed by atoms with van der Waals surface area (Å²) in [5, 5.41) is 131. The molecule has 54 heteroatoms. The molecule has 0 aromatic heterocycles. The Balaban J connectivity index is 0. The Bertz CT molecular complexity index is 2380. The highest BCUT2D eigenvalue weighted by atomic mass is 19.4. The van der Waals surface area contributed by atoms with Gasteiger partial charge in [-0.15, -0.1) is 0 Å². The van der Waals surface area contributed by atoms with Crippen LogP contribution in [0.25, 0.3) is 0 Å². The number of carboxylic acid groups (broad SMARTS) is 5. The number of hydrogen-bond donors (Lipinski definition) is 23. The predicted octanol–water partition coefficient (Wildman–Crippen LogP) is -25.4. The second-order valence-corrected chi connectivity index (χ2v) is 17.9. The molecule has 0 unspecified atom stereocenters. The number of carbonyl (C=O) groups is 5. The molecule has 0 aromatic carbocycles. The van der Waals surface area contributed by atoms with Crippen molar-refractivity contribution < 1.29 is 210 Å². The summed E-state index contributed by atoms with van der Waals surface area (Å²) in [5.41, 5.74) is 56.6. The molecular formula is C38H60F15N15O24. The minimum atomic E-state index is -5.19. The first-order valence-corrected chi connectivity index (χ1v) is 23.8. The van der Waals surface area contributed by atoms with Gasteiger partial charge >= 0.3 is 60.7 Å². The average Bonchev–Trinajstić information content (AvgIpc) is 1.24. The number of alkyl halides is 15. The lowest BCUT2D eigenvalue weighted by Crippen LogP contribution is -2.96. The monoisotopic (exact) mass is 1400 g/mol. The van der Waals surface area contributed by atoms with Gasteiger partial charge in [-0.25, -0.2) is 0 Å². The van der Waals surface area contributed by atoms with Crippen LogP contribution in [0.3, 0.4) is 0 Å². The number of nitrogens with two attached hydrogens (primary N) is 10. The van der Waals surface area contributed by atoms with Gasteiger partial charge in [-0.3, -0.25) is 82.3 Å². The summed E-state index contributed by atoms with van der Waals surface area (Å²) in [4.78, 5) is 57.1. The van der Waals surface area contributed by atoms with Crippen molar-refractivity contribution in [2.75, 3.05) is 19.8 Å². The van der Waals surface area contributed by atoms with Crippen molar-refractivity contribution in [1.82, 2.24) is 0 Å². The zero-order valence-corrected chi connectivity index (χ0v) is 45.4. The number of carboxylic acids is 5. The Hall–Kier alpha value is -7.91. The fraction of sp³-hybridized carbons (Fsp3) is 0.737. The third kappa shape index (κ3) is 29.6. The van der Waals surface area contributed by atoms with Gasteiger partial charge in [-0.1, -0.05) is 0 Å². The number of carbonyl (C=O) groups excluding carboxylic acids is 5. The highest BCUT2D eigenvalue weighted by Crippen LogP contribution is 2.34. The third-order valence-electron chi connectivity index (χ3n) is 10.9. The lowest BCUT2D eigenvalue weighted by molar-refractivity contribution is -0.593. The van der Waals surface area contributed by atoms with Crippen molar-refractivity contribution in [1.29, 1.82) is 0 Å². The van der Waals surface area contributed by atoms with Crippen LogP contribution in [0, 0.1) is 0 Å². The van der Waals surface area contributed by atoms with Gasteiger partial charge in [-0.05, 0) is 0 Å². The van der Waals surface area contributed by atoms with Crippen LogP contribution in [0.5, 0.6) is 0 Å². The maximum absolute atomic E-state index is 11.8. The van der Waals surface area contributed by atoms with E-state index in [9.17, 15) is 107 Å². The molecular weight excluding hydrogens is 1340 g/mol. The summed E-state index contributed by atoms with van der Waals surface area (Å²) in [6.45, 7) is -1.76. The van der Waals surface area contributed by atoms with Gasteiger partial charge in [0.1, 0.15) is 115 Å². The smallest absolute Gasteiger partial charge is 0.430 e. The largest absolute Gasteiger partial charge is 0.542 e. The van der Waals surface area contributed by atoms with E-state index < -0.39 is 202 Å². The molecule has 4 aliphatic rings. The summed E-state index contributed by atoms with van der Waals surface area (Å²) >= 11 is 0. The Morgan fingerprint density at radius 2 is 0.663 bits per heavy atom. The minimum Gasteiger partial charge on any atom is -0.542 e. The molecule has 0 bridgehead atoms. The first kappa shape index (κ1) is 86.2. The zero-order chi connectivity index (χ0) is 72.8. The first-order chi connectivity index (χ1) is 41.5. The molecule has 0 radical (unpaired) electrons. The molecule has 536 valence electrons. The van der Waals surface area contributed by atoms with Crippen molar-refractivity contribution in [3.63, 3.8) is 0 Å². The third-order valence-corrected chi connectivity index (χ3v) is 10.9. The number of ether oxygens (including phenoxy) is 6. The topological polar surface area (TPSA) is 748 Å². The molecule has 3 heterocycles. The van der Waals surface area contributed by atoms with Gasteiger partial charge < -0.3 is 119 Å². The number of aliphatic hydroxyl groups is 8. The molecule has 1 saturated carbocycles. The molecule has 33 N–H and O–H groups in total. The molecule has 0 spiro atoms. The van der Waals surface area contributed by atoms with E-state index in [2.05, 4.69) is 25.0 Å². The van der Waals surface area contributed by atoms with E-state index >= 15 is 0 Å². The molecule has 0 aromatic rings. The fourth-order valence-electron chi connectivity index (χ4n) is 7.17. The maximum atomic E-state index is 11.8. The van der Waals surface area contributed by atoms with Gasteiger partial charge in [-0.2, -0.15) is 65.9 Å². The van der Waals surface area contributed by atoms with Crippen LogP contribution in [0.4, 0.5) is 65.9 Å². The van der Waals surface area contributed by atoms with Crippen LogP contribution in [-0.4, -0.2) is 267 Å². The molecule has 92 heavy (non-hydrogen) atoms. The van der Waals surface area contributed by atoms with Crippen LogP contribution in [0.2, 0.25) is 0 Å². The van der Waals surface area contributed by atoms with Gasteiger partial charge in [0.25, 0.3) is 0 Å². The zero-order valence-electron chi connectivity index (χ0n) is 45.4. The van der Waals surface area contributed by atoms with Crippen LogP contribution in [0.1, 0.15) is 6.42 Å². The number of hydrogen-bond acceptors (Lipinski definition) is 24. The van der Waals surface area contributed by atoms with Crippen LogP contribution in [0.15, 0.2) is 0 Å². The SMILES string of the molecule is NC(N)=[NH+]C[C@@H]1O[C@H](O[C@H]2[C@@H](O)[C@H](O[C@@H]3[C@@H](O)[C@H]([NH+]=C(N)N)C[C@H]([NH+]=C(N)N)[C@H]3O[C@H]3O[C@H](CO)[C@@H](O)[C@H](O)[C@H]3[NH+]=C(N)N)O[C@@H]2CO)[C@H]([NH+]=C(N)N)[C@@H](O)[C@@H]1O.O=C([O-])C(F)(F)F.O=C([O-])C(F)(F)F.O=C([O-])C(F)(F)F.O=C([O-])C(F)(F)F.O=C([O-])C(F)(F)F. The highest BCUT2D eigenvalue weighted by molar-refractivity contribution is 5.73. The number of aliphatic hydroxyl groups excluding tert-OH is 8. The average molecular weight is 1400 g/mol. The first-order valence-electron chi connectivity index (χ1n) is 23.8. The second kappa shape index (κ2) is 36.4. The lowest BCUT2D eigenvalue weighted by atomic mass is 9.83. The molecule has 19 atom stereocenters. The Kier molecular flexibility index (Phi) is 34.1. The van der Waals surface area contributed by atoms with Crippen LogP contribution in [-0.2, 0) is 52.4 Å². The predicted molar refractivity (Wildman–Crippen MR) is 242 cm³/mol. The minimum absolute atomic E-state index is 0.0857. The van der Waals surface area contributed by atoms with Crippen LogP contribution >= 0.6 is 0 Å². The molecule has 3 saturated heterocycles. The summed E-state index contributed by atoms with van der Waals surface area (Å²) in [7, 11) is 0. The van der Waals surface area contributed by atoms with E-state index in [0.717, 1.165) is 0 Å². The molecule has 0 amide bonds.